The Hall–Kier alpha value is 1.26. The van der Waals surface area contributed by atoms with Crippen LogP contribution in [0.3, 0.4) is 0 Å². The second kappa shape index (κ2) is 7.44. The normalized spacial score (nSPS) is 26.3. The average molecular weight is 390 g/mol. The zero-order valence-electron chi connectivity index (χ0n) is 14.2. The lowest BCUT2D eigenvalue weighted by Crippen LogP contribution is -2.59. The van der Waals surface area contributed by atoms with Crippen molar-refractivity contribution in [2.45, 2.75) is 81.2 Å². The average Bonchev–Trinajstić information content (AvgIpc) is 2.38. The summed E-state index contributed by atoms with van der Waals surface area (Å²) in [5.74, 6) is 0. The highest BCUT2D eigenvalue weighted by Gasteiger charge is 2.54. The first-order valence-corrected chi connectivity index (χ1v) is 14.6. The Balaban J connectivity index is 2.93. The molecule has 0 spiro atoms. The number of alkyl halides is 3. The molecule has 6 heteroatoms. The quantitative estimate of drug-likeness (QED) is 0.412. The molecule has 21 heavy (non-hydrogen) atoms. The van der Waals surface area contributed by atoms with Crippen molar-refractivity contribution in [3.63, 3.8) is 0 Å². The predicted molar refractivity (Wildman–Crippen MR) is 102 cm³/mol. The van der Waals surface area contributed by atoms with Gasteiger partial charge in [-0.05, 0) is 23.3 Å². The summed E-state index contributed by atoms with van der Waals surface area (Å²) < 4.78 is 5.00. The summed E-state index contributed by atoms with van der Waals surface area (Å²) >= 11 is 17.9. The van der Waals surface area contributed by atoms with E-state index in [1.54, 1.807) is 0 Å². The number of halogens is 3. The van der Waals surface area contributed by atoms with Crippen LogP contribution in [0, 0.1) is 5.41 Å². The Morgan fingerprint density at radius 3 is 2.19 bits per heavy atom. The minimum atomic E-state index is -1.43. The van der Waals surface area contributed by atoms with Crippen molar-refractivity contribution in [2.24, 2.45) is 5.41 Å². The molecule has 0 saturated carbocycles. The van der Waals surface area contributed by atoms with Crippen LogP contribution in [0.2, 0.25) is 17.1 Å². The van der Waals surface area contributed by atoms with E-state index in [1.807, 2.05) is 0 Å². The molecule has 1 saturated heterocycles. The van der Waals surface area contributed by atoms with E-state index in [4.69, 9.17) is 39.2 Å². The highest BCUT2D eigenvalue weighted by atomic mass is 35.6. The van der Waals surface area contributed by atoms with Gasteiger partial charge >= 0.3 is 0 Å². The van der Waals surface area contributed by atoms with Crippen molar-refractivity contribution < 1.29 is 4.43 Å². The van der Waals surface area contributed by atoms with Gasteiger partial charge in [0.2, 0.25) is 0 Å². The minimum Gasteiger partial charge on any atom is -0.427 e. The maximum atomic E-state index is 6.10. The molecule has 0 aromatic rings. The fraction of sp³-hybridized carbons (Fsp3) is 1.00. The highest BCUT2D eigenvalue weighted by molar-refractivity contribution is 7.24. The number of rotatable bonds is 6. The summed E-state index contributed by atoms with van der Waals surface area (Å²) in [5, 5.41) is 0.384. The van der Waals surface area contributed by atoms with Gasteiger partial charge in [-0.15, -0.1) is 0 Å². The van der Waals surface area contributed by atoms with Crippen LogP contribution in [0.4, 0.5) is 0 Å². The van der Waals surface area contributed by atoms with E-state index in [9.17, 15) is 0 Å². The molecule has 1 unspecified atom stereocenters. The number of hydrogen-bond acceptors (Lipinski definition) is 1. The van der Waals surface area contributed by atoms with Gasteiger partial charge in [0.25, 0.3) is 0 Å². The molecule has 1 atom stereocenters. The molecule has 1 heterocycles. The SMILES string of the molecule is CCC(C)(C)C(C)(C)[Si]1(CCCC(Cl)(Cl)Cl)CCCO[SiH2]1. The monoisotopic (exact) mass is 388 g/mol. The van der Waals surface area contributed by atoms with Crippen LogP contribution >= 0.6 is 34.8 Å². The first-order valence-electron chi connectivity index (χ1n) is 8.12. The van der Waals surface area contributed by atoms with Crippen LogP contribution in [-0.4, -0.2) is 27.3 Å². The third-order valence-electron chi connectivity index (χ3n) is 6.34. The second-order valence-electron chi connectivity index (χ2n) is 7.77. The summed E-state index contributed by atoms with van der Waals surface area (Å²) in [5.41, 5.74) is 0.354. The summed E-state index contributed by atoms with van der Waals surface area (Å²) in [6, 6.07) is 2.68. The van der Waals surface area contributed by atoms with E-state index in [0.717, 1.165) is 13.0 Å². The van der Waals surface area contributed by atoms with Gasteiger partial charge in [-0.25, -0.2) is 0 Å². The lowest BCUT2D eigenvalue weighted by molar-refractivity contribution is 0.238. The van der Waals surface area contributed by atoms with Gasteiger partial charge in [-0.2, -0.15) is 0 Å². The van der Waals surface area contributed by atoms with E-state index in [2.05, 4.69) is 34.6 Å². The van der Waals surface area contributed by atoms with Crippen LogP contribution in [0.1, 0.15) is 60.3 Å². The molecule has 0 amide bonds. The molecule has 1 aliphatic heterocycles. The Morgan fingerprint density at radius 2 is 1.76 bits per heavy atom. The van der Waals surface area contributed by atoms with Gasteiger partial charge in [0.1, 0.15) is 0 Å². The molecule has 0 aliphatic carbocycles. The summed E-state index contributed by atoms with van der Waals surface area (Å²) in [4.78, 5) is 0. The molecule has 1 nitrogen and oxygen atoms in total. The van der Waals surface area contributed by atoms with Crippen molar-refractivity contribution in [3.05, 3.63) is 0 Å². The van der Waals surface area contributed by atoms with E-state index in [-0.39, 0.29) is 0 Å². The molecule has 0 bridgehead atoms. The topological polar surface area (TPSA) is 9.23 Å². The van der Waals surface area contributed by atoms with Crippen molar-refractivity contribution in [2.75, 3.05) is 6.61 Å². The van der Waals surface area contributed by atoms with E-state index in [1.165, 1.54) is 24.9 Å². The van der Waals surface area contributed by atoms with Gasteiger partial charge in [-0.1, -0.05) is 94.4 Å². The first kappa shape index (κ1) is 20.3. The fourth-order valence-electron chi connectivity index (χ4n) is 3.64. The summed E-state index contributed by atoms with van der Waals surface area (Å²) in [6.45, 7) is 13.2. The van der Waals surface area contributed by atoms with Crippen LogP contribution in [0.25, 0.3) is 0 Å². The maximum absolute atomic E-state index is 6.10. The first-order chi connectivity index (χ1) is 9.47. The van der Waals surface area contributed by atoms with Crippen molar-refractivity contribution in [3.8, 4) is 0 Å². The third-order valence-corrected chi connectivity index (χ3v) is 20.9. The standard InChI is InChI=1S/C15H31Cl3OSi2/c1-6-13(2,3)14(4,5)21(12-8-10-19-20-21)11-7-9-15(16,17)18/h6-12,20H2,1-5H3. The van der Waals surface area contributed by atoms with Gasteiger partial charge in [-0.3, -0.25) is 0 Å². The molecule has 0 aromatic carbocycles. The lowest BCUT2D eigenvalue weighted by Gasteiger charge is -2.55. The Labute approximate surface area is 149 Å². The highest BCUT2D eigenvalue weighted by Crippen LogP contribution is 2.57. The molecular formula is C15H31Cl3OSi2. The van der Waals surface area contributed by atoms with Crippen molar-refractivity contribution >= 4 is 51.7 Å². The third kappa shape index (κ3) is 4.87. The van der Waals surface area contributed by atoms with Gasteiger partial charge in [0.05, 0.1) is 7.59 Å². The smallest absolute Gasteiger partial charge is 0.190 e. The minimum absolute atomic E-state index is 0.354. The molecule has 1 aliphatic rings. The van der Waals surface area contributed by atoms with Crippen molar-refractivity contribution in [1.82, 2.24) is 0 Å². The largest absolute Gasteiger partial charge is 0.427 e. The Morgan fingerprint density at radius 1 is 1.14 bits per heavy atom. The van der Waals surface area contributed by atoms with Crippen LogP contribution < -0.4 is 0 Å². The lowest BCUT2D eigenvalue weighted by atomic mass is 9.78. The Kier molecular flexibility index (Phi) is 7.19. The van der Waals surface area contributed by atoms with Crippen LogP contribution in [0.15, 0.2) is 0 Å². The van der Waals surface area contributed by atoms with Gasteiger partial charge < -0.3 is 4.43 Å². The van der Waals surface area contributed by atoms with Gasteiger partial charge in [0, 0.05) is 6.61 Å². The van der Waals surface area contributed by atoms with E-state index < -0.39 is 20.7 Å². The summed E-state index contributed by atoms with van der Waals surface area (Å²) in [6.07, 6.45) is 4.15. The Bertz CT molecular complexity index is 334. The number of hydrogen-bond donors (Lipinski definition) is 0. The predicted octanol–water partition coefficient (Wildman–Crippen LogP) is 5.80. The molecule has 1 rings (SSSR count). The molecular weight excluding hydrogens is 359 g/mol. The molecule has 0 N–H and O–H groups in total. The molecule has 0 aromatic heterocycles. The zero-order chi connectivity index (χ0) is 16.4. The van der Waals surface area contributed by atoms with E-state index in [0.29, 0.717) is 16.9 Å². The van der Waals surface area contributed by atoms with Crippen LogP contribution in [0.5, 0.6) is 0 Å². The molecule has 126 valence electrons. The van der Waals surface area contributed by atoms with E-state index >= 15 is 0 Å². The van der Waals surface area contributed by atoms with Crippen molar-refractivity contribution in [1.29, 1.82) is 0 Å². The summed E-state index contributed by atoms with van der Waals surface area (Å²) in [7, 11) is -1.86. The maximum Gasteiger partial charge on any atom is 0.190 e. The molecule has 1 fully saturated rings. The molecule has 0 radical (unpaired) electrons. The van der Waals surface area contributed by atoms with Crippen LogP contribution in [-0.2, 0) is 4.43 Å². The zero-order valence-corrected chi connectivity index (χ0v) is 18.9. The fourth-order valence-corrected chi connectivity index (χ4v) is 16.7. The van der Waals surface area contributed by atoms with Gasteiger partial charge in [0.15, 0.2) is 13.1 Å². The second-order valence-corrected chi connectivity index (χ2v) is 20.7.